The van der Waals surface area contributed by atoms with E-state index >= 15 is 0 Å². The van der Waals surface area contributed by atoms with Gasteiger partial charge in [-0.05, 0) is 30.3 Å². The average molecular weight is 424 g/mol. The highest BCUT2D eigenvalue weighted by molar-refractivity contribution is 5.88. The number of aromatic hydroxyl groups is 5. The number of phenols is 4. The van der Waals surface area contributed by atoms with Gasteiger partial charge in [-0.15, -0.1) is 0 Å². The molecule has 0 aliphatic rings. The van der Waals surface area contributed by atoms with Crippen molar-refractivity contribution >= 4 is 16.9 Å². The van der Waals surface area contributed by atoms with E-state index in [1.165, 1.54) is 6.07 Å². The number of carboxylic acids is 1. The van der Waals surface area contributed by atoms with Crippen molar-refractivity contribution in [2.24, 2.45) is 0 Å². The first-order valence-corrected chi connectivity index (χ1v) is 8.71. The zero-order valence-electron chi connectivity index (χ0n) is 15.7. The van der Waals surface area contributed by atoms with E-state index in [0.29, 0.717) is 5.56 Å². The molecule has 0 amide bonds. The lowest BCUT2D eigenvalue weighted by Gasteiger charge is -2.08. The molecule has 0 spiro atoms. The molecule has 1 aromatic heterocycles. The number of hydrogen-bond acceptors (Lipinski definition) is 8. The van der Waals surface area contributed by atoms with Gasteiger partial charge in [-0.25, -0.2) is 4.79 Å². The number of phenolic OH excluding ortho intramolecular Hbond substituents is 4. The summed E-state index contributed by atoms with van der Waals surface area (Å²) in [6, 6.07) is 13.9. The van der Waals surface area contributed by atoms with Crippen molar-refractivity contribution < 1.29 is 39.9 Å². The number of hydrogen-bond donors (Lipinski definition) is 6. The van der Waals surface area contributed by atoms with Crippen molar-refractivity contribution in [2.45, 2.75) is 0 Å². The van der Waals surface area contributed by atoms with E-state index in [-0.39, 0.29) is 33.8 Å². The van der Waals surface area contributed by atoms with Gasteiger partial charge in [0.25, 0.3) is 0 Å². The Morgan fingerprint density at radius 3 is 2.03 bits per heavy atom. The average Bonchev–Trinajstić information content (AvgIpc) is 2.73. The number of rotatable bonds is 2. The van der Waals surface area contributed by atoms with Gasteiger partial charge >= 0.3 is 5.97 Å². The summed E-state index contributed by atoms with van der Waals surface area (Å²) < 4.78 is 5.35. The second-order valence-electron chi connectivity index (χ2n) is 6.32. The first kappa shape index (κ1) is 21.1. The largest absolute Gasteiger partial charge is 0.508 e. The minimum Gasteiger partial charge on any atom is -0.508 e. The third-order valence-electron chi connectivity index (χ3n) is 4.19. The highest BCUT2D eigenvalue weighted by Crippen LogP contribution is 2.37. The molecule has 6 N–H and O–H groups in total. The fraction of sp³-hybridized carbons (Fsp3) is 0. The highest BCUT2D eigenvalue weighted by Gasteiger charge is 2.19. The van der Waals surface area contributed by atoms with Gasteiger partial charge in [0.15, 0.2) is 17.3 Å². The van der Waals surface area contributed by atoms with E-state index in [1.807, 2.05) is 0 Å². The fourth-order valence-electron chi connectivity index (χ4n) is 2.72. The molecule has 9 nitrogen and oxygen atoms in total. The summed E-state index contributed by atoms with van der Waals surface area (Å²) in [4.78, 5) is 22.3. The lowest BCUT2D eigenvalue weighted by molar-refractivity contribution is 0.0697. The van der Waals surface area contributed by atoms with Crippen LogP contribution < -0.4 is 5.43 Å². The standard InChI is InChI=1S/C15H10O7.C7H6O2/c16-7-4-10(19)12-11(5-7)22-15(14(21)13(12)20)6-1-2-8(17)9(18)3-6;8-7(9)6-4-2-1-3-5-6/h1-5,16-19,21H;1-5H,(H,8,9). The maximum atomic E-state index is 12.1. The maximum Gasteiger partial charge on any atom is 0.335 e. The van der Waals surface area contributed by atoms with Crippen LogP contribution >= 0.6 is 0 Å². The molecule has 4 rings (SSSR count). The molecule has 0 atom stereocenters. The van der Waals surface area contributed by atoms with Gasteiger partial charge in [-0.1, -0.05) is 18.2 Å². The molecule has 3 aromatic carbocycles. The van der Waals surface area contributed by atoms with Gasteiger partial charge in [0.2, 0.25) is 11.2 Å². The first-order chi connectivity index (χ1) is 14.7. The van der Waals surface area contributed by atoms with Gasteiger partial charge in [0, 0.05) is 17.7 Å². The van der Waals surface area contributed by atoms with Crippen LogP contribution in [0.1, 0.15) is 10.4 Å². The molecule has 0 saturated heterocycles. The summed E-state index contributed by atoms with van der Waals surface area (Å²) in [7, 11) is 0. The van der Waals surface area contributed by atoms with Crippen molar-refractivity contribution in [2.75, 3.05) is 0 Å². The van der Waals surface area contributed by atoms with E-state index in [0.717, 1.165) is 24.3 Å². The summed E-state index contributed by atoms with van der Waals surface area (Å²) >= 11 is 0. The fourth-order valence-corrected chi connectivity index (χ4v) is 2.72. The molecule has 9 heteroatoms. The van der Waals surface area contributed by atoms with Crippen LogP contribution in [0.15, 0.2) is 69.9 Å². The highest BCUT2D eigenvalue weighted by atomic mass is 16.4. The van der Waals surface area contributed by atoms with Gasteiger partial charge in [0.1, 0.15) is 22.5 Å². The topological polar surface area (TPSA) is 169 Å². The van der Waals surface area contributed by atoms with Gasteiger partial charge in [0.05, 0.1) is 5.56 Å². The predicted octanol–water partition coefficient (Wildman–Crippen LogP) is 3.37. The zero-order chi connectivity index (χ0) is 22.7. The Morgan fingerprint density at radius 2 is 1.45 bits per heavy atom. The Labute approximate surface area is 173 Å². The minimum absolute atomic E-state index is 0.134. The quantitative estimate of drug-likeness (QED) is 0.264. The van der Waals surface area contributed by atoms with E-state index in [9.17, 15) is 35.1 Å². The summed E-state index contributed by atoms with van der Waals surface area (Å²) in [6.07, 6.45) is 0. The van der Waals surface area contributed by atoms with Crippen molar-refractivity contribution in [1.29, 1.82) is 0 Å². The Bertz CT molecular complexity index is 1320. The van der Waals surface area contributed by atoms with E-state index in [2.05, 4.69) is 0 Å². The monoisotopic (exact) mass is 424 g/mol. The predicted molar refractivity (Wildman–Crippen MR) is 110 cm³/mol. The summed E-state index contributed by atoms with van der Waals surface area (Å²) in [6.45, 7) is 0. The molecular weight excluding hydrogens is 408 g/mol. The SMILES string of the molecule is O=C(O)c1ccccc1.O=c1c(O)c(-c2ccc(O)c(O)c2)oc2cc(O)cc(O)c12. The molecule has 0 saturated carbocycles. The van der Waals surface area contributed by atoms with E-state index in [4.69, 9.17) is 9.52 Å². The van der Waals surface area contributed by atoms with Crippen LogP contribution in [0.5, 0.6) is 28.7 Å². The molecule has 4 aromatic rings. The zero-order valence-corrected chi connectivity index (χ0v) is 15.7. The Morgan fingerprint density at radius 1 is 0.774 bits per heavy atom. The Hall–Kier alpha value is -4.66. The van der Waals surface area contributed by atoms with E-state index in [1.54, 1.807) is 30.3 Å². The number of aromatic carboxylic acids is 1. The van der Waals surface area contributed by atoms with Crippen molar-refractivity contribution in [3.05, 3.63) is 76.5 Å². The van der Waals surface area contributed by atoms with Crippen LogP contribution in [0.3, 0.4) is 0 Å². The number of fused-ring (bicyclic) bond motifs is 1. The molecular formula is C22H16O9. The van der Waals surface area contributed by atoms with Gasteiger partial charge in [-0.3, -0.25) is 4.79 Å². The van der Waals surface area contributed by atoms with Crippen molar-refractivity contribution in [1.82, 2.24) is 0 Å². The van der Waals surface area contributed by atoms with Crippen LogP contribution in [-0.4, -0.2) is 36.6 Å². The van der Waals surface area contributed by atoms with Crippen LogP contribution in [-0.2, 0) is 0 Å². The molecule has 31 heavy (non-hydrogen) atoms. The number of carbonyl (C=O) groups is 1. The minimum atomic E-state index is -0.888. The lowest BCUT2D eigenvalue weighted by atomic mass is 10.1. The van der Waals surface area contributed by atoms with Crippen LogP contribution in [0.4, 0.5) is 0 Å². The lowest BCUT2D eigenvalue weighted by Crippen LogP contribution is -2.02. The summed E-state index contributed by atoms with van der Waals surface area (Å²) in [5.41, 5.74) is -0.559. The van der Waals surface area contributed by atoms with Crippen LogP contribution in [0, 0.1) is 0 Å². The first-order valence-electron chi connectivity index (χ1n) is 8.71. The molecule has 0 fully saturated rings. The molecule has 0 radical (unpaired) electrons. The Kier molecular flexibility index (Phi) is 5.69. The van der Waals surface area contributed by atoms with E-state index < -0.39 is 28.6 Å². The second kappa shape index (κ2) is 8.37. The third-order valence-corrected chi connectivity index (χ3v) is 4.19. The van der Waals surface area contributed by atoms with Crippen LogP contribution in [0.2, 0.25) is 0 Å². The van der Waals surface area contributed by atoms with Gasteiger partial charge in [-0.2, -0.15) is 0 Å². The summed E-state index contributed by atoms with van der Waals surface area (Å²) in [5.74, 6) is -3.59. The molecule has 0 aliphatic carbocycles. The molecule has 158 valence electrons. The normalized spacial score (nSPS) is 10.3. The number of carboxylic acid groups (broad SMARTS) is 1. The maximum absolute atomic E-state index is 12.1. The third kappa shape index (κ3) is 4.35. The molecule has 0 unspecified atom stereocenters. The van der Waals surface area contributed by atoms with Crippen molar-refractivity contribution in [3.63, 3.8) is 0 Å². The smallest absolute Gasteiger partial charge is 0.335 e. The van der Waals surface area contributed by atoms with Crippen LogP contribution in [0.25, 0.3) is 22.3 Å². The molecule has 1 heterocycles. The van der Waals surface area contributed by atoms with Crippen molar-refractivity contribution in [3.8, 4) is 40.1 Å². The van der Waals surface area contributed by atoms with Gasteiger partial charge < -0.3 is 35.1 Å². The summed E-state index contributed by atoms with van der Waals surface area (Å²) in [5, 5.41) is 56.0. The molecule has 0 aliphatic heterocycles. The molecule has 0 bridgehead atoms. The second-order valence-corrected chi connectivity index (χ2v) is 6.32. The Balaban J connectivity index is 0.000000254. The number of benzene rings is 3.